The topological polar surface area (TPSA) is 8.17 Å². The summed E-state index contributed by atoms with van der Waals surface area (Å²) in [5.74, 6) is 0. The van der Waals surface area contributed by atoms with Crippen LogP contribution in [0.25, 0.3) is 72.0 Å². The first-order chi connectivity index (χ1) is 29.4. The second kappa shape index (κ2) is 14.4. The van der Waals surface area contributed by atoms with E-state index in [2.05, 4.69) is 132 Å². The fourth-order valence-electron chi connectivity index (χ4n) is 7.72. The van der Waals surface area contributed by atoms with Crippen LogP contribution in [-0.4, -0.2) is 4.57 Å². The Morgan fingerprint density at radius 3 is 1.50 bits per heavy atom. The standard InChI is InChI=1S/C54H38N2/c1-4-14-39(15-5-1)41-26-31-48(32-27-41)55(49-33-28-42(29-34-49)44-19-12-18-43(36-44)40-16-6-2-7-17-40)50-23-13-20-45(37-50)46-30-35-54-52(38-46)51-24-10-11-25-53(51)56(54)47-21-8-3-9-22-47/h1-38H/i26D,27D,31D,32D. The molecule has 10 aromatic rings. The van der Waals surface area contributed by atoms with Gasteiger partial charge in [-0.2, -0.15) is 0 Å². The zero-order valence-electron chi connectivity index (χ0n) is 34.5. The summed E-state index contributed by atoms with van der Waals surface area (Å²) < 4.78 is 39.7. The lowest BCUT2D eigenvalue weighted by Gasteiger charge is -2.26. The molecule has 0 aliphatic carbocycles. The van der Waals surface area contributed by atoms with Crippen molar-refractivity contribution in [2.75, 3.05) is 4.90 Å². The van der Waals surface area contributed by atoms with Gasteiger partial charge in [0.2, 0.25) is 0 Å². The zero-order valence-corrected chi connectivity index (χ0v) is 30.5. The monoisotopic (exact) mass is 718 g/mol. The molecule has 0 saturated heterocycles. The van der Waals surface area contributed by atoms with E-state index in [4.69, 9.17) is 0 Å². The minimum Gasteiger partial charge on any atom is -0.310 e. The first-order valence-electron chi connectivity index (χ1n) is 20.9. The first kappa shape index (κ1) is 29.0. The molecule has 1 heterocycles. The summed E-state index contributed by atoms with van der Waals surface area (Å²) >= 11 is 0. The highest BCUT2D eigenvalue weighted by Gasteiger charge is 2.17. The second-order valence-corrected chi connectivity index (χ2v) is 13.9. The van der Waals surface area contributed by atoms with Crippen LogP contribution in [0.4, 0.5) is 17.1 Å². The fraction of sp³-hybridized carbons (Fsp3) is 0. The molecule has 0 amide bonds. The highest BCUT2D eigenvalue weighted by Crippen LogP contribution is 2.40. The Hall–Kier alpha value is -7.42. The molecule has 0 aliphatic rings. The van der Waals surface area contributed by atoms with Gasteiger partial charge in [0.1, 0.15) is 0 Å². The Bertz CT molecular complexity index is 3150. The molecule has 0 fully saturated rings. The Morgan fingerprint density at radius 1 is 0.304 bits per heavy atom. The number of hydrogen-bond acceptors (Lipinski definition) is 1. The van der Waals surface area contributed by atoms with Gasteiger partial charge in [0.15, 0.2) is 0 Å². The maximum absolute atomic E-state index is 9.46. The molecule has 0 radical (unpaired) electrons. The van der Waals surface area contributed by atoms with E-state index in [0.29, 0.717) is 16.9 Å². The molecule has 9 aromatic carbocycles. The number of para-hydroxylation sites is 2. The number of aromatic nitrogens is 1. The molecule has 2 heteroatoms. The minimum atomic E-state index is -0.116. The fourth-order valence-corrected chi connectivity index (χ4v) is 7.72. The lowest BCUT2D eigenvalue weighted by atomic mass is 9.98. The largest absolute Gasteiger partial charge is 0.310 e. The van der Waals surface area contributed by atoms with Crippen LogP contribution in [0.1, 0.15) is 5.48 Å². The quantitative estimate of drug-likeness (QED) is 0.152. The van der Waals surface area contributed by atoms with Crippen LogP contribution >= 0.6 is 0 Å². The summed E-state index contributed by atoms with van der Waals surface area (Å²) in [5.41, 5.74) is 12.2. The number of rotatable bonds is 8. The average molecular weight is 719 g/mol. The summed E-state index contributed by atoms with van der Waals surface area (Å²) in [6, 6.07) is 69.3. The minimum absolute atomic E-state index is 0.0899. The van der Waals surface area contributed by atoms with Gasteiger partial charge in [-0.25, -0.2) is 0 Å². The Balaban J connectivity index is 1.12. The normalized spacial score (nSPS) is 12.2. The molecule has 0 bridgehead atoms. The van der Waals surface area contributed by atoms with Crippen LogP contribution in [0.2, 0.25) is 0 Å². The molecule has 0 atom stereocenters. The molecule has 0 unspecified atom stereocenters. The first-order valence-corrected chi connectivity index (χ1v) is 18.9. The van der Waals surface area contributed by atoms with E-state index in [0.717, 1.165) is 60.9 Å². The molecule has 0 aliphatic heterocycles. The molecular formula is C54H38N2. The third-order valence-electron chi connectivity index (χ3n) is 10.5. The molecule has 10 rings (SSSR count). The van der Waals surface area contributed by atoms with Crippen molar-refractivity contribution in [2.45, 2.75) is 0 Å². The molecule has 56 heavy (non-hydrogen) atoms. The smallest absolute Gasteiger partial charge is 0.0645 e. The molecule has 2 nitrogen and oxygen atoms in total. The summed E-state index contributed by atoms with van der Waals surface area (Å²) in [5, 5.41) is 2.30. The lowest BCUT2D eigenvalue weighted by molar-refractivity contribution is 1.18. The number of nitrogens with zero attached hydrogens (tertiary/aromatic N) is 2. The number of fused-ring (bicyclic) bond motifs is 3. The van der Waals surface area contributed by atoms with Crippen molar-refractivity contribution in [1.82, 2.24) is 4.57 Å². The van der Waals surface area contributed by atoms with E-state index < -0.39 is 0 Å². The number of benzene rings is 9. The van der Waals surface area contributed by atoms with Gasteiger partial charge in [-0.1, -0.05) is 158 Å². The van der Waals surface area contributed by atoms with Crippen molar-refractivity contribution >= 4 is 38.9 Å². The summed E-state index contributed by atoms with van der Waals surface area (Å²) in [6.07, 6.45) is 0. The third kappa shape index (κ3) is 6.24. The maximum atomic E-state index is 9.46. The lowest BCUT2D eigenvalue weighted by Crippen LogP contribution is -2.10. The molecule has 0 N–H and O–H groups in total. The van der Waals surface area contributed by atoms with Crippen LogP contribution in [0, 0.1) is 0 Å². The van der Waals surface area contributed by atoms with Crippen molar-refractivity contribution in [3.63, 3.8) is 0 Å². The summed E-state index contributed by atoms with van der Waals surface area (Å²) in [7, 11) is 0. The average Bonchev–Trinajstić information content (AvgIpc) is 3.65. The zero-order chi connectivity index (χ0) is 40.7. The highest BCUT2D eigenvalue weighted by atomic mass is 15.1. The summed E-state index contributed by atoms with van der Waals surface area (Å²) in [6.45, 7) is 0. The second-order valence-electron chi connectivity index (χ2n) is 13.9. The van der Waals surface area contributed by atoms with Gasteiger partial charge in [0.25, 0.3) is 0 Å². The van der Waals surface area contributed by atoms with Crippen LogP contribution < -0.4 is 4.90 Å². The SMILES string of the molecule is [2H]c1c([2H])c(N(c2ccc(-c3cccc(-c4ccccc4)c3)cc2)c2cccc(-c3ccc4c(c3)c3ccccc3n4-c3ccccc3)c2)c([2H])c([2H])c1-c1ccccc1. The van der Waals surface area contributed by atoms with Gasteiger partial charge in [0.05, 0.1) is 16.5 Å². The molecule has 264 valence electrons. The van der Waals surface area contributed by atoms with E-state index in [1.165, 1.54) is 0 Å². The number of anilines is 3. The van der Waals surface area contributed by atoms with Gasteiger partial charge >= 0.3 is 0 Å². The molecule has 0 saturated carbocycles. The van der Waals surface area contributed by atoms with E-state index in [1.807, 2.05) is 83.8 Å². The highest BCUT2D eigenvalue weighted by molar-refractivity contribution is 6.10. The van der Waals surface area contributed by atoms with Crippen LogP contribution in [0.5, 0.6) is 0 Å². The van der Waals surface area contributed by atoms with Crippen molar-refractivity contribution in [3.05, 3.63) is 230 Å². The summed E-state index contributed by atoms with van der Waals surface area (Å²) in [4.78, 5) is 1.86. The van der Waals surface area contributed by atoms with E-state index in [-0.39, 0.29) is 35.4 Å². The predicted molar refractivity (Wildman–Crippen MR) is 237 cm³/mol. The van der Waals surface area contributed by atoms with Crippen molar-refractivity contribution < 1.29 is 5.48 Å². The predicted octanol–water partition coefficient (Wildman–Crippen LogP) is 14.9. The van der Waals surface area contributed by atoms with Gasteiger partial charge in [0, 0.05) is 33.5 Å². The van der Waals surface area contributed by atoms with Gasteiger partial charge in [-0.05, 0) is 117 Å². The van der Waals surface area contributed by atoms with Crippen molar-refractivity contribution in [3.8, 4) is 50.2 Å². The van der Waals surface area contributed by atoms with Gasteiger partial charge in [-0.3, -0.25) is 0 Å². The Kier molecular flexibility index (Phi) is 7.47. The van der Waals surface area contributed by atoms with Crippen LogP contribution in [0.3, 0.4) is 0 Å². The van der Waals surface area contributed by atoms with E-state index in [1.54, 1.807) is 0 Å². The van der Waals surface area contributed by atoms with Crippen LogP contribution in [0.15, 0.2) is 230 Å². The maximum Gasteiger partial charge on any atom is 0.0645 e. The van der Waals surface area contributed by atoms with E-state index >= 15 is 0 Å². The van der Waals surface area contributed by atoms with Crippen molar-refractivity contribution in [1.29, 1.82) is 0 Å². The van der Waals surface area contributed by atoms with Gasteiger partial charge < -0.3 is 9.47 Å². The Labute approximate surface area is 333 Å². The Morgan fingerprint density at radius 2 is 0.804 bits per heavy atom. The number of hydrogen-bond donors (Lipinski definition) is 0. The molecule has 0 spiro atoms. The van der Waals surface area contributed by atoms with Crippen LogP contribution in [-0.2, 0) is 0 Å². The molecular weight excluding hydrogens is 677 g/mol. The molecule has 1 aromatic heterocycles. The third-order valence-corrected chi connectivity index (χ3v) is 10.5. The van der Waals surface area contributed by atoms with E-state index in [9.17, 15) is 5.48 Å². The van der Waals surface area contributed by atoms with Crippen molar-refractivity contribution in [2.24, 2.45) is 0 Å². The van der Waals surface area contributed by atoms with Gasteiger partial charge in [-0.15, -0.1) is 0 Å².